The van der Waals surface area contributed by atoms with Crippen molar-refractivity contribution in [2.75, 3.05) is 26.2 Å². The monoisotopic (exact) mass is 389 g/mol. The molecule has 1 atom stereocenters. The largest absolute Gasteiger partial charge is 0.357 e. The molecule has 148 valence electrons. The molecule has 0 aliphatic carbocycles. The van der Waals surface area contributed by atoms with Crippen molar-refractivity contribution in [2.45, 2.75) is 39.3 Å². The maximum Gasteiger partial charge on any atom is 0.191 e. The number of nitrogens with one attached hydrogen (secondary N) is 2. The van der Waals surface area contributed by atoms with E-state index < -0.39 is 0 Å². The van der Waals surface area contributed by atoms with Crippen molar-refractivity contribution in [3.63, 3.8) is 0 Å². The molecule has 0 aromatic carbocycles. The third kappa shape index (κ3) is 5.52. The zero-order valence-electron chi connectivity index (χ0n) is 16.6. The lowest BCUT2D eigenvalue weighted by molar-refractivity contribution is 0.140. The van der Waals surface area contributed by atoms with Gasteiger partial charge in [0, 0.05) is 25.0 Å². The Balaban J connectivity index is 1.65. The number of hydrogen-bond acceptors (Lipinski definition) is 5. The van der Waals surface area contributed by atoms with Crippen molar-refractivity contribution in [1.82, 2.24) is 30.3 Å². The molecule has 2 aromatic heterocycles. The Bertz CT molecular complexity index is 701. The maximum atomic E-state index is 4.68. The van der Waals surface area contributed by atoms with Crippen LogP contribution < -0.4 is 10.6 Å². The summed E-state index contributed by atoms with van der Waals surface area (Å²) in [6.07, 6.45) is 4.12. The van der Waals surface area contributed by atoms with Crippen molar-refractivity contribution in [2.24, 2.45) is 18.0 Å². The van der Waals surface area contributed by atoms with Crippen LogP contribution in [0.5, 0.6) is 0 Å². The summed E-state index contributed by atoms with van der Waals surface area (Å²) >= 11 is 1.84. The predicted octanol–water partition coefficient (Wildman–Crippen LogP) is 2.40. The summed E-state index contributed by atoms with van der Waals surface area (Å²) in [5, 5.41) is 13.2. The van der Waals surface area contributed by atoms with Crippen molar-refractivity contribution < 1.29 is 0 Å². The zero-order valence-corrected chi connectivity index (χ0v) is 17.4. The summed E-state index contributed by atoms with van der Waals surface area (Å²) in [5.74, 6) is 2.52. The SMILES string of the molecule is CCNC(=NCc1ncnn1C)NCC(c1cccs1)N1CCC(C)CC1. The van der Waals surface area contributed by atoms with Crippen LogP contribution in [0, 0.1) is 5.92 Å². The summed E-state index contributed by atoms with van der Waals surface area (Å²) in [6.45, 7) is 8.96. The first kappa shape index (κ1) is 19.8. The molecule has 1 fully saturated rings. The van der Waals surface area contributed by atoms with E-state index >= 15 is 0 Å². The number of aromatic nitrogens is 3. The summed E-state index contributed by atoms with van der Waals surface area (Å²) in [4.78, 5) is 13.0. The number of likely N-dealkylation sites (tertiary alicyclic amines) is 1. The van der Waals surface area contributed by atoms with Gasteiger partial charge in [0.1, 0.15) is 18.7 Å². The number of nitrogens with zero attached hydrogens (tertiary/aromatic N) is 5. The Morgan fingerprint density at radius 1 is 1.37 bits per heavy atom. The second-order valence-electron chi connectivity index (χ2n) is 7.13. The first-order chi connectivity index (χ1) is 13.2. The van der Waals surface area contributed by atoms with E-state index in [4.69, 9.17) is 0 Å². The van der Waals surface area contributed by atoms with E-state index in [1.54, 1.807) is 11.0 Å². The molecule has 0 bridgehead atoms. The molecule has 7 nitrogen and oxygen atoms in total. The summed E-state index contributed by atoms with van der Waals surface area (Å²) < 4.78 is 1.76. The molecule has 0 amide bonds. The standard InChI is InChI=1S/C19H31N7S/c1-4-20-19(22-13-18-23-14-24-25(18)3)21-12-16(17-6-5-11-27-17)26-9-7-15(2)8-10-26/h5-6,11,14-16H,4,7-10,12-13H2,1-3H3,(H2,20,21,22). The number of aliphatic imine (C=N–C) groups is 1. The van der Waals surface area contributed by atoms with E-state index in [9.17, 15) is 0 Å². The van der Waals surface area contributed by atoms with Crippen LogP contribution in [-0.2, 0) is 13.6 Å². The van der Waals surface area contributed by atoms with Crippen molar-refractivity contribution in [3.8, 4) is 0 Å². The van der Waals surface area contributed by atoms with Gasteiger partial charge >= 0.3 is 0 Å². The lowest BCUT2D eigenvalue weighted by Crippen LogP contribution is -2.45. The normalized spacial score (nSPS) is 17.8. The summed E-state index contributed by atoms with van der Waals surface area (Å²) in [6, 6.07) is 4.78. The molecule has 0 spiro atoms. The van der Waals surface area contributed by atoms with Gasteiger partial charge in [-0.05, 0) is 50.2 Å². The van der Waals surface area contributed by atoms with E-state index in [0.717, 1.165) is 43.9 Å². The molecule has 27 heavy (non-hydrogen) atoms. The topological polar surface area (TPSA) is 70.4 Å². The van der Waals surface area contributed by atoms with Crippen molar-refractivity contribution in [3.05, 3.63) is 34.5 Å². The van der Waals surface area contributed by atoms with Gasteiger partial charge in [0.25, 0.3) is 0 Å². The molecule has 3 rings (SSSR count). The van der Waals surface area contributed by atoms with Gasteiger partial charge in [0.05, 0.1) is 6.04 Å². The van der Waals surface area contributed by atoms with Crippen LogP contribution in [0.3, 0.4) is 0 Å². The molecule has 1 aliphatic heterocycles. The lowest BCUT2D eigenvalue weighted by Gasteiger charge is -2.36. The Morgan fingerprint density at radius 2 is 2.19 bits per heavy atom. The fourth-order valence-corrected chi connectivity index (χ4v) is 4.24. The number of aryl methyl sites for hydroxylation is 1. The van der Waals surface area contributed by atoms with Gasteiger partial charge in [-0.15, -0.1) is 11.3 Å². The molecule has 1 unspecified atom stereocenters. The highest BCUT2D eigenvalue weighted by molar-refractivity contribution is 7.10. The second-order valence-corrected chi connectivity index (χ2v) is 8.10. The predicted molar refractivity (Wildman–Crippen MR) is 111 cm³/mol. The quantitative estimate of drug-likeness (QED) is 0.562. The minimum absolute atomic E-state index is 0.385. The van der Waals surface area contributed by atoms with Gasteiger partial charge in [-0.3, -0.25) is 9.58 Å². The Kier molecular flexibility index (Phi) is 7.23. The minimum atomic E-state index is 0.385. The Hall–Kier alpha value is -1.93. The molecule has 1 aliphatic rings. The van der Waals surface area contributed by atoms with E-state index in [0.29, 0.717) is 12.6 Å². The van der Waals surface area contributed by atoms with Crippen molar-refractivity contribution in [1.29, 1.82) is 0 Å². The first-order valence-corrected chi connectivity index (χ1v) is 10.7. The highest BCUT2D eigenvalue weighted by Gasteiger charge is 2.25. The van der Waals surface area contributed by atoms with Gasteiger partial charge in [0.15, 0.2) is 5.96 Å². The molecule has 0 saturated carbocycles. The average Bonchev–Trinajstić information content (AvgIpc) is 3.33. The summed E-state index contributed by atoms with van der Waals surface area (Å²) in [7, 11) is 1.89. The van der Waals surface area contributed by atoms with E-state index in [-0.39, 0.29) is 0 Å². The van der Waals surface area contributed by atoms with E-state index in [1.165, 1.54) is 17.7 Å². The van der Waals surface area contributed by atoms with Crippen molar-refractivity contribution >= 4 is 17.3 Å². The highest BCUT2D eigenvalue weighted by atomic mass is 32.1. The molecule has 0 radical (unpaired) electrons. The third-order valence-electron chi connectivity index (χ3n) is 5.12. The Morgan fingerprint density at radius 3 is 2.81 bits per heavy atom. The second kappa shape index (κ2) is 9.85. The van der Waals surface area contributed by atoms with Crippen LogP contribution >= 0.6 is 11.3 Å². The van der Waals surface area contributed by atoms with Crippen LogP contribution in [0.25, 0.3) is 0 Å². The Labute approximate surface area is 165 Å². The number of guanidine groups is 1. The molecule has 2 N–H and O–H groups in total. The van der Waals surface area contributed by atoms with Crippen LogP contribution in [-0.4, -0.2) is 51.8 Å². The first-order valence-electron chi connectivity index (χ1n) is 9.80. The fraction of sp³-hybridized carbons (Fsp3) is 0.632. The molecular weight excluding hydrogens is 358 g/mol. The number of thiophene rings is 1. The van der Waals surface area contributed by atoms with Gasteiger partial charge in [-0.2, -0.15) is 5.10 Å². The number of hydrogen-bond donors (Lipinski definition) is 2. The minimum Gasteiger partial charge on any atom is -0.357 e. The average molecular weight is 390 g/mol. The van der Waals surface area contributed by atoms with Gasteiger partial charge in [-0.1, -0.05) is 13.0 Å². The van der Waals surface area contributed by atoms with Crippen LogP contribution in [0.1, 0.15) is 43.4 Å². The lowest BCUT2D eigenvalue weighted by atomic mass is 9.97. The fourth-order valence-electron chi connectivity index (χ4n) is 3.38. The van der Waals surface area contributed by atoms with Crippen LogP contribution in [0.2, 0.25) is 0 Å². The molecule has 3 heterocycles. The number of piperidine rings is 1. The van der Waals surface area contributed by atoms with Gasteiger partial charge < -0.3 is 10.6 Å². The van der Waals surface area contributed by atoms with E-state index in [1.807, 2.05) is 18.4 Å². The molecule has 8 heteroatoms. The molecular formula is C19H31N7S. The maximum absolute atomic E-state index is 4.68. The molecule has 1 saturated heterocycles. The smallest absolute Gasteiger partial charge is 0.191 e. The zero-order chi connectivity index (χ0) is 19.1. The number of rotatable bonds is 7. The third-order valence-corrected chi connectivity index (χ3v) is 6.09. The van der Waals surface area contributed by atoms with E-state index in [2.05, 4.69) is 62.0 Å². The van der Waals surface area contributed by atoms with Gasteiger partial charge in [0.2, 0.25) is 0 Å². The van der Waals surface area contributed by atoms with Gasteiger partial charge in [-0.25, -0.2) is 9.98 Å². The van der Waals surface area contributed by atoms with Crippen LogP contribution in [0.15, 0.2) is 28.8 Å². The summed E-state index contributed by atoms with van der Waals surface area (Å²) in [5.41, 5.74) is 0. The van der Waals surface area contributed by atoms with Crippen LogP contribution in [0.4, 0.5) is 0 Å². The molecule has 2 aromatic rings. The highest BCUT2D eigenvalue weighted by Crippen LogP contribution is 2.29.